The Morgan fingerprint density at radius 2 is 2.15 bits per heavy atom. The minimum atomic E-state index is -3.65. The average Bonchev–Trinajstić information content (AvgIpc) is 3.06. The standard InChI is InChI=1S/C18H25N5O3S/c1-22-9-3-5-13-7-8-14(11-16(13)22)27(24,25)21-15-6-4-10-23-18(15)19-17(20-23)12-26-2/h7-8,11,15,21H,3-6,9-10,12H2,1-2H3/t15-/m1/s1. The number of fused-ring (bicyclic) bond motifs is 2. The molecule has 0 saturated heterocycles. The van der Waals surface area contributed by atoms with E-state index in [1.807, 2.05) is 13.1 Å². The van der Waals surface area contributed by atoms with E-state index in [1.165, 1.54) is 5.56 Å². The maximum absolute atomic E-state index is 13.0. The predicted octanol–water partition coefficient (Wildman–Crippen LogP) is 1.62. The molecule has 3 heterocycles. The molecule has 0 amide bonds. The van der Waals surface area contributed by atoms with Gasteiger partial charge < -0.3 is 9.64 Å². The van der Waals surface area contributed by atoms with E-state index in [0.717, 1.165) is 38.0 Å². The molecule has 146 valence electrons. The van der Waals surface area contributed by atoms with E-state index in [2.05, 4.69) is 19.7 Å². The van der Waals surface area contributed by atoms with Crippen molar-refractivity contribution in [3.63, 3.8) is 0 Å². The highest BCUT2D eigenvalue weighted by atomic mass is 32.2. The van der Waals surface area contributed by atoms with Crippen molar-refractivity contribution in [3.05, 3.63) is 35.4 Å². The summed E-state index contributed by atoms with van der Waals surface area (Å²) in [6, 6.07) is 5.03. The first-order chi connectivity index (χ1) is 13.0. The zero-order valence-electron chi connectivity index (χ0n) is 15.7. The molecule has 0 fully saturated rings. The van der Waals surface area contributed by atoms with Crippen LogP contribution in [0.4, 0.5) is 5.69 Å². The van der Waals surface area contributed by atoms with Crippen molar-refractivity contribution in [2.24, 2.45) is 0 Å². The van der Waals surface area contributed by atoms with Crippen LogP contribution in [0, 0.1) is 0 Å². The fraction of sp³-hybridized carbons (Fsp3) is 0.556. The van der Waals surface area contributed by atoms with Crippen molar-refractivity contribution >= 4 is 15.7 Å². The molecular formula is C18H25N5O3S. The first kappa shape index (κ1) is 18.4. The summed E-state index contributed by atoms with van der Waals surface area (Å²) in [4.78, 5) is 6.89. The van der Waals surface area contributed by atoms with Crippen molar-refractivity contribution in [1.29, 1.82) is 0 Å². The lowest BCUT2D eigenvalue weighted by molar-refractivity contribution is 0.177. The number of rotatable bonds is 5. The number of nitrogens with zero attached hydrogens (tertiary/aromatic N) is 4. The quantitative estimate of drug-likeness (QED) is 0.833. The van der Waals surface area contributed by atoms with Gasteiger partial charge >= 0.3 is 0 Å². The van der Waals surface area contributed by atoms with Crippen LogP contribution in [0.25, 0.3) is 0 Å². The summed E-state index contributed by atoms with van der Waals surface area (Å²) in [5.74, 6) is 1.24. The van der Waals surface area contributed by atoms with Gasteiger partial charge in [-0.25, -0.2) is 22.8 Å². The Kier molecular flexibility index (Phi) is 4.92. The molecule has 0 radical (unpaired) electrons. The Labute approximate surface area is 159 Å². The highest BCUT2D eigenvalue weighted by Crippen LogP contribution is 2.30. The number of methoxy groups -OCH3 is 1. The minimum absolute atomic E-state index is 0.295. The molecule has 1 aromatic heterocycles. The van der Waals surface area contributed by atoms with Crippen LogP contribution < -0.4 is 9.62 Å². The summed E-state index contributed by atoms with van der Waals surface area (Å²) in [7, 11) is -0.0582. The van der Waals surface area contributed by atoms with Crippen LogP contribution in [-0.2, 0) is 34.3 Å². The molecule has 2 aliphatic heterocycles. The number of hydrogen-bond acceptors (Lipinski definition) is 6. The van der Waals surface area contributed by atoms with Crippen LogP contribution in [-0.4, -0.2) is 43.9 Å². The highest BCUT2D eigenvalue weighted by Gasteiger charge is 2.29. The summed E-state index contributed by atoms with van der Waals surface area (Å²) in [5, 5.41) is 4.40. The molecule has 0 saturated carbocycles. The second-order valence-electron chi connectivity index (χ2n) is 7.17. The number of hydrogen-bond donors (Lipinski definition) is 1. The molecule has 8 nitrogen and oxygen atoms in total. The van der Waals surface area contributed by atoms with Gasteiger partial charge in [0.2, 0.25) is 10.0 Å². The molecule has 2 aromatic rings. The summed E-state index contributed by atoms with van der Waals surface area (Å²) in [6.07, 6.45) is 3.63. The van der Waals surface area contributed by atoms with E-state index in [9.17, 15) is 8.42 Å². The topological polar surface area (TPSA) is 89.3 Å². The van der Waals surface area contributed by atoms with Crippen molar-refractivity contribution in [2.75, 3.05) is 25.6 Å². The molecule has 0 unspecified atom stereocenters. The molecule has 0 bridgehead atoms. The molecule has 1 atom stereocenters. The van der Waals surface area contributed by atoms with E-state index in [0.29, 0.717) is 29.6 Å². The van der Waals surface area contributed by atoms with E-state index in [1.54, 1.807) is 23.9 Å². The van der Waals surface area contributed by atoms with Crippen molar-refractivity contribution in [1.82, 2.24) is 19.5 Å². The Hall–Kier alpha value is -1.97. The molecule has 1 aromatic carbocycles. The van der Waals surface area contributed by atoms with Crippen LogP contribution in [0.15, 0.2) is 23.1 Å². The molecule has 1 N–H and O–H groups in total. The zero-order chi connectivity index (χ0) is 19.0. The maximum atomic E-state index is 13.0. The Morgan fingerprint density at radius 3 is 2.96 bits per heavy atom. The fourth-order valence-corrected chi connectivity index (χ4v) is 5.11. The number of ether oxygens (including phenoxy) is 1. The molecule has 4 rings (SSSR count). The van der Waals surface area contributed by atoms with Crippen molar-refractivity contribution < 1.29 is 13.2 Å². The Bertz CT molecular complexity index is 940. The molecule has 0 spiro atoms. The van der Waals surface area contributed by atoms with Gasteiger partial charge in [-0.15, -0.1) is 0 Å². The van der Waals surface area contributed by atoms with Gasteiger partial charge in [0.1, 0.15) is 12.4 Å². The summed E-state index contributed by atoms with van der Waals surface area (Å²) in [6.45, 7) is 2.00. The number of sulfonamides is 1. The lowest BCUT2D eigenvalue weighted by Gasteiger charge is -2.28. The number of nitrogens with one attached hydrogen (secondary N) is 1. The lowest BCUT2D eigenvalue weighted by atomic mass is 10.0. The Balaban J connectivity index is 1.60. The summed E-state index contributed by atoms with van der Waals surface area (Å²) >= 11 is 0. The number of aryl methyl sites for hydroxylation is 2. The van der Waals surface area contributed by atoms with Gasteiger partial charge in [0.05, 0.1) is 10.9 Å². The monoisotopic (exact) mass is 391 g/mol. The first-order valence-electron chi connectivity index (χ1n) is 9.27. The summed E-state index contributed by atoms with van der Waals surface area (Å²) < 4.78 is 35.8. The van der Waals surface area contributed by atoms with Crippen LogP contribution in [0.2, 0.25) is 0 Å². The molecule has 27 heavy (non-hydrogen) atoms. The zero-order valence-corrected chi connectivity index (χ0v) is 16.5. The average molecular weight is 391 g/mol. The number of benzene rings is 1. The van der Waals surface area contributed by atoms with Gasteiger partial charge in [0.25, 0.3) is 0 Å². The second-order valence-corrected chi connectivity index (χ2v) is 8.89. The molecule has 0 aliphatic carbocycles. The SMILES string of the molecule is COCc1nc2n(n1)CCC[C@H]2NS(=O)(=O)c1ccc2c(c1)N(C)CCC2. The van der Waals surface area contributed by atoms with Gasteiger partial charge in [0, 0.05) is 32.9 Å². The van der Waals surface area contributed by atoms with E-state index >= 15 is 0 Å². The van der Waals surface area contributed by atoms with Crippen LogP contribution >= 0.6 is 0 Å². The number of anilines is 1. The van der Waals surface area contributed by atoms with Gasteiger partial charge in [-0.05, 0) is 43.4 Å². The third-order valence-corrected chi connectivity index (χ3v) is 6.68. The van der Waals surface area contributed by atoms with Gasteiger partial charge in [-0.3, -0.25) is 0 Å². The molecule has 2 aliphatic rings. The first-order valence-corrected chi connectivity index (χ1v) is 10.8. The van der Waals surface area contributed by atoms with E-state index in [-0.39, 0.29) is 6.04 Å². The smallest absolute Gasteiger partial charge is 0.241 e. The van der Waals surface area contributed by atoms with Gasteiger partial charge in [-0.1, -0.05) is 6.07 Å². The molecule has 9 heteroatoms. The maximum Gasteiger partial charge on any atom is 0.241 e. The summed E-state index contributed by atoms with van der Waals surface area (Å²) in [5.41, 5.74) is 2.20. The van der Waals surface area contributed by atoms with Gasteiger partial charge in [0.15, 0.2) is 5.82 Å². The van der Waals surface area contributed by atoms with Crippen LogP contribution in [0.1, 0.15) is 42.5 Å². The highest BCUT2D eigenvalue weighted by molar-refractivity contribution is 7.89. The van der Waals surface area contributed by atoms with Crippen molar-refractivity contribution in [2.45, 2.75) is 49.8 Å². The third kappa shape index (κ3) is 3.59. The largest absolute Gasteiger partial charge is 0.377 e. The molecular weight excluding hydrogens is 366 g/mol. The fourth-order valence-electron chi connectivity index (χ4n) is 3.86. The normalized spacial score (nSPS) is 19.6. The Morgan fingerprint density at radius 1 is 1.30 bits per heavy atom. The number of aromatic nitrogens is 3. The second kappa shape index (κ2) is 7.21. The van der Waals surface area contributed by atoms with Crippen LogP contribution in [0.3, 0.4) is 0 Å². The van der Waals surface area contributed by atoms with Crippen molar-refractivity contribution in [3.8, 4) is 0 Å². The third-order valence-electron chi connectivity index (χ3n) is 5.21. The predicted molar refractivity (Wildman–Crippen MR) is 101 cm³/mol. The van der Waals surface area contributed by atoms with Crippen LogP contribution in [0.5, 0.6) is 0 Å². The van der Waals surface area contributed by atoms with E-state index < -0.39 is 10.0 Å². The minimum Gasteiger partial charge on any atom is -0.377 e. The lowest BCUT2D eigenvalue weighted by Crippen LogP contribution is -2.33. The van der Waals surface area contributed by atoms with E-state index in [4.69, 9.17) is 4.74 Å². The van der Waals surface area contributed by atoms with Gasteiger partial charge in [-0.2, -0.15) is 5.10 Å².